The first-order chi connectivity index (χ1) is 20.4. The number of hydrogen-bond donors (Lipinski definition) is 2. The minimum absolute atomic E-state index is 0.0925. The van der Waals surface area contributed by atoms with Crippen molar-refractivity contribution in [1.29, 1.82) is 0 Å². The summed E-state index contributed by atoms with van der Waals surface area (Å²) in [5.41, 5.74) is 11.3. The number of nitrogen functional groups attached to an aromatic ring is 1. The van der Waals surface area contributed by atoms with Crippen molar-refractivity contribution >= 4 is 46.7 Å². The lowest BCUT2D eigenvalue weighted by Gasteiger charge is -2.34. The minimum atomic E-state index is -0.324. The molecule has 2 aliphatic heterocycles. The van der Waals surface area contributed by atoms with Crippen LogP contribution in [0.5, 0.6) is 0 Å². The van der Waals surface area contributed by atoms with Crippen LogP contribution in [0.1, 0.15) is 21.5 Å². The topological polar surface area (TPSA) is 117 Å². The number of ether oxygens (including phenoxy) is 1. The van der Waals surface area contributed by atoms with E-state index in [-0.39, 0.29) is 24.4 Å². The number of nitrogens with two attached hydrogens (primary N) is 1. The summed E-state index contributed by atoms with van der Waals surface area (Å²) in [6.45, 7) is 4.52. The number of hydrogen-bond acceptors (Lipinski definition) is 7. The molecule has 6 rings (SSSR count). The number of amides is 3. The maximum Gasteiger partial charge on any atom is 0.330 e. The van der Waals surface area contributed by atoms with E-state index in [0.717, 1.165) is 49.5 Å². The molecule has 1 aromatic heterocycles. The van der Waals surface area contributed by atoms with Gasteiger partial charge in [-0.15, -0.1) is 0 Å². The van der Waals surface area contributed by atoms with Gasteiger partial charge in [-0.05, 0) is 53.1 Å². The molecule has 0 spiro atoms. The second-order valence-corrected chi connectivity index (χ2v) is 10.7. The number of rotatable bonds is 6. The van der Waals surface area contributed by atoms with Gasteiger partial charge in [-0.3, -0.25) is 19.5 Å². The van der Waals surface area contributed by atoms with Crippen LogP contribution >= 0.6 is 11.6 Å². The average molecular weight is 584 g/mol. The summed E-state index contributed by atoms with van der Waals surface area (Å²) >= 11 is 6.51. The lowest BCUT2D eigenvalue weighted by atomic mass is 10.0. The van der Waals surface area contributed by atoms with Crippen molar-refractivity contribution in [3.05, 3.63) is 94.6 Å². The first kappa shape index (κ1) is 27.6. The van der Waals surface area contributed by atoms with Crippen molar-refractivity contribution in [2.75, 3.05) is 54.2 Å². The summed E-state index contributed by atoms with van der Waals surface area (Å²) in [4.78, 5) is 39.9. The Kier molecular flexibility index (Phi) is 7.75. The van der Waals surface area contributed by atoms with Crippen LogP contribution in [0.4, 0.5) is 27.9 Å². The number of nitrogens with zero attached hydrogens (tertiary/aromatic N) is 5. The zero-order chi connectivity index (χ0) is 29.2. The van der Waals surface area contributed by atoms with Crippen molar-refractivity contribution in [2.24, 2.45) is 0 Å². The van der Waals surface area contributed by atoms with E-state index in [2.05, 4.69) is 44.5 Å². The SMILES string of the molecule is CN1C(=O)N(c2cc(NC(=O)c3ccc(-c4cccc(CN5CCOCC5)c4)cc3)ccc2Cl)Cc2cnc(N)nc21. The molecule has 1 saturated heterocycles. The summed E-state index contributed by atoms with van der Waals surface area (Å²) in [5.74, 6) is 0.277. The number of urea groups is 1. The highest BCUT2D eigenvalue weighted by molar-refractivity contribution is 6.34. The number of nitrogens with one attached hydrogen (secondary N) is 1. The number of benzene rings is 3. The van der Waals surface area contributed by atoms with Gasteiger partial charge in [0.25, 0.3) is 5.91 Å². The Morgan fingerprint density at radius 2 is 1.83 bits per heavy atom. The van der Waals surface area contributed by atoms with Crippen LogP contribution in [-0.2, 0) is 17.8 Å². The van der Waals surface area contributed by atoms with Crippen molar-refractivity contribution in [3.63, 3.8) is 0 Å². The van der Waals surface area contributed by atoms with Crippen LogP contribution in [-0.4, -0.2) is 60.2 Å². The second-order valence-electron chi connectivity index (χ2n) is 10.3. The Hall–Kier alpha value is -4.51. The Balaban J connectivity index is 1.16. The molecule has 3 aromatic carbocycles. The van der Waals surface area contributed by atoms with Gasteiger partial charge in [0.2, 0.25) is 5.95 Å². The van der Waals surface area contributed by atoms with E-state index in [9.17, 15) is 9.59 Å². The predicted octanol–water partition coefficient (Wildman–Crippen LogP) is 5.04. The highest BCUT2D eigenvalue weighted by Crippen LogP contribution is 2.35. The number of halogens is 1. The number of morpholine rings is 1. The molecule has 0 aliphatic carbocycles. The normalized spacial score (nSPS) is 15.4. The monoisotopic (exact) mass is 583 g/mol. The molecule has 2 aliphatic rings. The Morgan fingerprint density at radius 1 is 1.05 bits per heavy atom. The summed E-state index contributed by atoms with van der Waals surface area (Å²) < 4.78 is 5.46. The zero-order valence-electron chi connectivity index (χ0n) is 23.1. The third kappa shape index (κ3) is 5.78. The van der Waals surface area contributed by atoms with Crippen molar-refractivity contribution in [3.8, 4) is 11.1 Å². The Morgan fingerprint density at radius 3 is 2.62 bits per heavy atom. The van der Waals surface area contributed by atoms with E-state index in [0.29, 0.717) is 27.8 Å². The molecule has 10 nitrogen and oxygen atoms in total. The number of fused-ring (bicyclic) bond motifs is 1. The standard InChI is InChI=1S/C31H30ClN7O3/c1-37-28-24(17-34-30(33)36-28)19-39(31(37)41)27-16-25(9-10-26(27)32)35-29(40)22-7-5-21(6-8-22)23-4-2-3-20(15-23)18-38-11-13-42-14-12-38/h2-10,15-17H,11-14,18-19H2,1H3,(H,35,40)(H2,33,34,36). The van der Waals surface area contributed by atoms with Gasteiger partial charge in [-0.2, -0.15) is 4.98 Å². The van der Waals surface area contributed by atoms with Crippen LogP contribution in [0, 0.1) is 0 Å². The molecule has 0 bridgehead atoms. The van der Waals surface area contributed by atoms with Gasteiger partial charge in [0.1, 0.15) is 5.82 Å². The van der Waals surface area contributed by atoms with Crippen LogP contribution in [0.3, 0.4) is 0 Å². The molecule has 4 aromatic rings. The molecule has 0 radical (unpaired) electrons. The molecule has 11 heteroatoms. The molecule has 42 heavy (non-hydrogen) atoms. The fourth-order valence-electron chi connectivity index (χ4n) is 5.19. The molecule has 0 atom stereocenters. The van der Waals surface area contributed by atoms with Crippen LogP contribution in [0.15, 0.2) is 72.9 Å². The third-order valence-electron chi connectivity index (χ3n) is 7.44. The lowest BCUT2D eigenvalue weighted by Crippen LogP contribution is -2.46. The van der Waals surface area contributed by atoms with E-state index in [4.69, 9.17) is 22.1 Å². The summed E-state index contributed by atoms with van der Waals surface area (Å²) in [7, 11) is 1.61. The maximum absolute atomic E-state index is 13.2. The summed E-state index contributed by atoms with van der Waals surface area (Å²) in [6, 6.07) is 20.7. The van der Waals surface area contributed by atoms with Crippen molar-refractivity contribution in [1.82, 2.24) is 14.9 Å². The first-order valence-corrected chi connectivity index (χ1v) is 14.0. The quantitative estimate of drug-likeness (QED) is 0.326. The molecule has 0 saturated carbocycles. The summed E-state index contributed by atoms with van der Waals surface area (Å²) in [5, 5.41) is 3.30. The van der Waals surface area contributed by atoms with Crippen molar-refractivity contribution in [2.45, 2.75) is 13.1 Å². The highest BCUT2D eigenvalue weighted by Gasteiger charge is 2.31. The molecule has 3 amide bonds. The van der Waals surface area contributed by atoms with Crippen LogP contribution < -0.4 is 20.9 Å². The summed E-state index contributed by atoms with van der Waals surface area (Å²) in [6.07, 6.45) is 1.59. The first-order valence-electron chi connectivity index (χ1n) is 13.6. The fraction of sp³-hybridized carbons (Fsp3) is 0.226. The number of carbonyl (C=O) groups excluding carboxylic acids is 2. The highest BCUT2D eigenvalue weighted by atomic mass is 35.5. The predicted molar refractivity (Wildman–Crippen MR) is 164 cm³/mol. The van der Waals surface area contributed by atoms with Gasteiger partial charge in [0, 0.05) is 49.7 Å². The number of anilines is 4. The molecule has 214 valence electrons. The molecule has 3 N–H and O–H groups in total. The minimum Gasteiger partial charge on any atom is -0.379 e. The second kappa shape index (κ2) is 11.8. The molecular formula is C31H30ClN7O3. The van der Waals surface area contributed by atoms with E-state index in [1.807, 2.05) is 24.3 Å². The zero-order valence-corrected chi connectivity index (χ0v) is 23.8. The van der Waals surface area contributed by atoms with E-state index in [1.165, 1.54) is 15.4 Å². The van der Waals surface area contributed by atoms with Gasteiger partial charge in [-0.25, -0.2) is 9.78 Å². The Labute approximate surface area is 248 Å². The maximum atomic E-state index is 13.2. The fourth-order valence-corrected chi connectivity index (χ4v) is 5.41. The van der Waals surface area contributed by atoms with E-state index < -0.39 is 0 Å². The average Bonchev–Trinajstić information content (AvgIpc) is 3.01. The Bertz CT molecular complexity index is 1640. The third-order valence-corrected chi connectivity index (χ3v) is 7.76. The molecule has 1 fully saturated rings. The molecule has 3 heterocycles. The smallest absolute Gasteiger partial charge is 0.330 e. The van der Waals surface area contributed by atoms with Crippen molar-refractivity contribution < 1.29 is 14.3 Å². The van der Waals surface area contributed by atoms with Gasteiger partial charge >= 0.3 is 6.03 Å². The van der Waals surface area contributed by atoms with Gasteiger partial charge in [-0.1, -0.05) is 41.9 Å². The lowest BCUT2D eigenvalue weighted by molar-refractivity contribution is 0.0342. The number of carbonyl (C=O) groups is 2. The molecular weight excluding hydrogens is 554 g/mol. The largest absolute Gasteiger partial charge is 0.379 e. The van der Waals surface area contributed by atoms with Gasteiger partial charge < -0.3 is 15.8 Å². The number of aromatic nitrogens is 2. The molecule has 0 unspecified atom stereocenters. The van der Waals surface area contributed by atoms with Gasteiger partial charge in [0.05, 0.1) is 30.5 Å². The van der Waals surface area contributed by atoms with Crippen LogP contribution in [0.2, 0.25) is 5.02 Å². The van der Waals surface area contributed by atoms with Crippen LogP contribution in [0.25, 0.3) is 11.1 Å². The van der Waals surface area contributed by atoms with E-state index in [1.54, 1.807) is 31.4 Å². The van der Waals surface area contributed by atoms with Gasteiger partial charge in [0.15, 0.2) is 0 Å². The van der Waals surface area contributed by atoms with E-state index >= 15 is 0 Å².